The number of carbonyl (C=O) groups is 2. The van der Waals surface area contributed by atoms with Crippen molar-refractivity contribution in [3.05, 3.63) is 0 Å². The van der Waals surface area contributed by atoms with Gasteiger partial charge in [0.25, 0.3) is 0 Å². The maximum atomic E-state index is 12.6. The molecule has 69 heavy (non-hydrogen) atoms. The first-order valence-electron chi connectivity index (χ1n) is 29.6. The lowest BCUT2D eigenvalue weighted by Gasteiger charge is -2.27. The van der Waals surface area contributed by atoms with Gasteiger partial charge in [0.2, 0.25) is 0 Å². The summed E-state index contributed by atoms with van der Waals surface area (Å²) >= 11 is 0. The summed E-state index contributed by atoms with van der Waals surface area (Å²) in [4.78, 5) is 29.7. The lowest BCUT2D eigenvalue weighted by molar-refractivity contribution is -0.154. The summed E-state index contributed by atoms with van der Waals surface area (Å²) in [7, 11) is 0. The zero-order valence-electron chi connectivity index (χ0n) is 46.1. The first kappa shape index (κ1) is 67.7. The van der Waals surface area contributed by atoms with Crippen LogP contribution in [-0.4, -0.2) is 130 Å². The van der Waals surface area contributed by atoms with Crippen molar-refractivity contribution in [3.63, 3.8) is 0 Å². The number of hydrogen-bond acceptors (Lipinski definition) is 11. The number of esters is 2. The Labute approximate surface area is 426 Å². The van der Waals surface area contributed by atoms with Crippen LogP contribution in [0.2, 0.25) is 0 Å². The predicted molar refractivity (Wildman–Crippen MR) is 288 cm³/mol. The van der Waals surface area contributed by atoms with Crippen molar-refractivity contribution < 1.29 is 44.6 Å². The van der Waals surface area contributed by atoms with Gasteiger partial charge in [-0.05, 0) is 71.4 Å². The Balaban J connectivity index is 4.54. The molecule has 0 saturated carbocycles. The van der Waals surface area contributed by atoms with Gasteiger partial charge in [0, 0.05) is 26.2 Å². The molecule has 4 unspecified atom stereocenters. The summed E-state index contributed by atoms with van der Waals surface area (Å²) < 4.78 is 10.9. The van der Waals surface area contributed by atoms with Gasteiger partial charge in [-0.1, -0.05) is 207 Å². The Kier molecular flexibility index (Phi) is 48.0. The number of carbonyl (C=O) groups excluding carboxylic acids is 2. The van der Waals surface area contributed by atoms with E-state index in [4.69, 9.17) is 9.47 Å². The highest BCUT2D eigenvalue weighted by molar-refractivity contribution is 5.74. The van der Waals surface area contributed by atoms with Crippen LogP contribution in [0.25, 0.3) is 0 Å². The minimum absolute atomic E-state index is 0.258. The third kappa shape index (κ3) is 47.4. The fourth-order valence-electron chi connectivity index (χ4n) is 9.45. The molecule has 0 aromatic carbocycles. The molecule has 4 atom stereocenters. The van der Waals surface area contributed by atoms with E-state index in [1.54, 1.807) is 0 Å². The summed E-state index contributed by atoms with van der Waals surface area (Å²) in [5.41, 5.74) is -1.56. The van der Waals surface area contributed by atoms with E-state index in [0.29, 0.717) is 39.0 Å². The lowest BCUT2D eigenvalue weighted by atomic mass is 9.98. The van der Waals surface area contributed by atoms with E-state index in [2.05, 4.69) is 37.5 Å². The molecule has 0 amide bonds. The second-order valence-corrected chi connectivity index (χ2v) is 21.5. The van der Waals surface area contributed by atoms with Gasteiger partial charge in [0.1, 0.15) is 0 Å². The van der Waals surface area contributed by atoms with Crippen molar-refractivity contribution >= 4 is 11.9 Å². The molecule has 0 bridgehead atoms. The van der Waals surface area contributed by atoms with E-state index in [0.717, 1.165) is 129 Å². The highest BCUT2D eigenvalue weighted by Crippen LogP contribution is 2.19. The Morgan fingerprint density at radius 3 is 0.884 bits per heavy atom. The van der Waals surface area contributed by atoms with Gasteiger partial charge in [0.05, 0.1) is 56.1 Å². The summed E-state index contributed by atoms with van der Waals surface area (Å²) in [6, 6.07) is 0. The standard InChI is InChI=1S/C58H116N2O9/c1-6-10-14-18-22-30-38-52(61)48-59(49-53(62)39-31-23-19-15-11-7-2)42-34-26-28-36-44-68-56(65)46-58(5,67)47-57(66)69-45-37-29-27-35-43-60(50-54(63)40-32-24-20-16-12-8-3)51-55(64)41-33-25-21-17-13-9-4/h52-55,61-64,67H,6-51H2,1-5H3. The quantitative estimate of drug-likeness (QED) is 0.0291. The van der Waals surface area contributed by atoms with Crippen molar-refractivity contribution in [2.45, 2.75) is 309 Å². The predicted octanol–water partition coefficient (Wildman–Crippen LogP) is 12.8. The average Bonchev–Trinajstić information content (AvgIpc) is 3.29. The molecule has 0 aliphatic heterocycles. The van der Waals surface area contributed by atoms with E-state index in [-0.39, 0.29) is 50.5 Å². The fraction of sp³-hybridized carbons (Fsp3) is 0.966. The van der Waals surface area contributed by atoms with Crippen LogP contribution in [0.5, 0.6) is 0 Å². The topological polar surface area (TPSA) is 160 Å². The smallest absolute Gasteiger partial charge is 0.308 e. The second kappa shape index (κ2) is 48.9. The third-order valence-corrected chi connectivity index (χ3v) is 13.8. The summed E-state index contributed by atoms with van der Waals surface area (Å²) in [5.74, 6) is -1.06. The molecular formula is C58H116N2O9. The van der Waals surface area contributed by atoms with E-state index in [9.17, 15) is 35.1 Å². The Morgan fingerprint density at radius 1 is 0.377 bits per heavy atom. The van der Waals surface area contributed by atoms with Crippen LogP contribution in [0.3, 0.4) is 0 Å². The van der Waals surface area contributed by atoms with Crippen LogP contribution in [-0.2, 0) is 19.1 Å². The normalized spacial score (nSPS) is 14.6. The molecule has 412 valence electrons. The molecule has 11 nitrogen and oxygen atoms in total. The van der Waals surface area contributed by atoms with Crippen LogP contribution in [0.4, 0.5) is 0 Å². The zero-order chi connectivity index (χ0) is 51.1. The molecule has 5 N–H and O–H groups in total. The number of nitrogens with zero attached hydrogens (tertiary/aromatic N) is 2. The molecule has 0 rings (SSSR count). The Morgan fingerprint density at radius 2 is 0.609 bits per heavy atom. The first-order valence-corrected chi connectivity index (χ1v) is 29.6. The monoisotopic (exact) mass is 985 g/mol. The Hall–Kier alpha value is -1.34. The van der Waals surface area contributed by atoms with E-state index in [1.807, 2.05) is 0 Å². The number of hydrogen-bond donors (Lipinski definition) is 5. The van der Waals surface area contributed by atoms with Crippen molar-refractivity contribution in [1.82, 2.24) is 9.80 Å². The number of aliphatic hydroxyl groups excluding tert-OH is 4. The van der Waals surface area contributed by atoms with Crippen molar-refractivity contribution in [2.24, 2.45) is 0 Å². The Bertz CT molecular complexity index is 983. The van der Waals surface area contributed by atoms with Crippen molar-refractivity contribution in [2.75, 3.05) is 52.5 Å². The molecule has 0 radical (unpaired) electrons. The lowest BCUT2D eigenvalue weighted by Crippen LogP contribution is -2.38. The van der Waals surface area contributed by atoms with E-state index < -0.39 is 17.5 Å². The van der Waals surface area contributed by atoms with Crippen LogP contribution >= 0.6 is 0 Å². The van der Waals surface area contributed by atoms with Gasteiger partial charge in [0.15, 0.2) is 0 Å². The molecular weight excluding hydrogens is 869 g/mol. The van der Waals surface area contributed by atoms with Crippen molar-refractivity contribution in [3.8, 4) is 0 Å². The molecule has 0 spiro atoms. The number of ether oxygens (including phenoxy) is 2. The molecule has 0 saturated heterocycles. The summed E-state index contributed by atoms with van der Waals surface area (Å²) in [5, 5.41) is 54.2. The van der Waals surface area contributed by atoms with E-state index in [1.165, 1.54) is 110 Å². The third-order valence-electron chi connectivity index (χ3n) is 13.8. The van der Waals surface area contributed by atoms with Gasteiger partial charge >= 0.3 is 11.9 Å². The average molecular weight is 986 g/mol. The summed E-state index contributed by atoms with van der Waals surface area (Å²) in [6.07, 6.45) is 36.9. The van der Waals surface area contributed by atoms with Crippen LogP contribution in [0.15, 0.2) is 0 Å². The molecule has 0 aromatic rings. The van der Waals surface area contributed by atoms with E-state index >= 15 is 0 Å². The molecule has 0 heterocycles. The fourth-order valence-corrected chi connectivity index (χ4v) is 9.45. The van der Waals surface area contributed by atoms with Crippen molar-refractivity contribution in [1.29, 1.82) is 0 Å². The van der Waals surface area contributed by atoms with Crippen LogP contribution in [0, 0.1) is 0 Å². The molecule has 0 aliphatic carbocycles. The minimum Gasteiger partial charge on any atom is -0.466 e. The zero-order valence-corrected chi connectivity index (χ0v) is 46.1. The maximum Gasteiger partial charge on any atom is 0.308 e. The number of rotatable bonds is 54. The maximum absolute atomic E-state index is 12.6. The van der Waals surface area contributed by atoms with Gasteiger partial charge in [-0.2, -0.15) is 0 Å². The molecule has 11 heteroatoms. The van der Waals surface area contributed by atoms with Gasteiger partial charge in [-0.3, -0.25) is 19.4 Å². The van der Waals surface area contributed by atoms with Gasteiger partial charge in [-0.15, -0.1) is 0 Å². The van der Waals surface area contributed by atoms with Crippen LogP contribution < -0.4 is 0 Å². The minimum atomic E-state index is -1.56. The molecule has 0 fully saturated rings. The van der Waals surface area contributed by atoms with Gasteiger partial charge in [-0.25, -0.2) is 0 Å². The van der Waals surface area contributed by atoms with Crippen LogP contribution in [0.1, 0.15) is 279 Å². The molecule has 0 aliphatic rings. The SMILES string of the molecule is CCCCCCCCC(O)CN(CCCCCCOC(=O)CC(C)(O)CC(=O)OCCCCCCN(CC(O)CCCCCCCC)CC(O)CCCCCCCC)CC(O)CCCCCCCC. The number of aliphatic hydroxyl groups is 5. The highest BCUT2D eigenvalue weighted by Gasteiger charge is 2.29. The largest absolute Gasteiger partial charge is 0.466 e. The highest BCUT2D eigenvalue weighted by atomic mass is 16.5. The van der Waals surface area contributed by atoms with Gasteiger partial charge < -0.3 is 35.0 Å². The first-order chi connectivity index (χ1) is 33.3. The summed E-state index contributed by atoms with van der Waals surface area (Å²) in [6.45, 7) is 14.9. The molecule has 0 aromatic heterocycles. The number of unbranched alkanes of at least 4 members (excludes halogenated alkanes) is 26. The second-order valence-electron chi connectivity index (χ2n) is 21.5.